The van der Waals surface area contributed by atoms with E-state index in [4.69, 9.17) is 10.5 Å². The molecule has 0 radical (unpaired) electrons. The fraction of sp³-hybridized carbons (Fsp3) is 0.440. The summed E-state index contributed by atoms with van der Waals surface area (Å²) in [7, 11) is -3.06. The molecule has 0 saturated carbocycles. The maximum absolute atomic E-state index is 14.1. The number of nitrogens with zero attached hydrogens (tertiary/aromatic N) is 4. The zero-order valence-corrected chi connectivity index (χ0v) is 23.5. The molecule has 3 aromatic rings. The van der Waals surface area contributed by atoms with Gasteiger partial charge in [-0.2, -0.15) is 17.9 Å². The molecule has 1 amide bonds. The van der Waals surface area contributed by atoms with Gasteiger partial charge in [0.15, 0.2) is 9.34 Å². The first-order chi connectivity index (χ1) is 19.4. The first-order valence-corrected chi connectivity index (χ1v) is 15.0. The number of hydrogen-bond donors (Lipinski definition) is 2. The summed E-state index contributed by atoms with van der Waals surface area (Å²) in [4.78, 5) is 37.2. The number of aromatic nitrogens is 2. The lowest BCUT2D eigenvalue weighted by Gasteiger charge is -2.27. The van der Waals surface area contributed by atoms with Crippen molar-refractivity contribution < 1.29 is 35.9 Å². The summed E-state index contributed by atoms with van der Waals surface area (Å²) in [6.45, 7) is 1.49. The van der Waals surface area contributed by atoms with E-state index in [1.165, 1.54) is 24.5 Å². The molecule has 41 heavy (non-hydrogen) atoms. The molecule has 2 aliphatic rings. The molecule has 1 aromatic carbocycles. The number of fused-ring (bicyclic) bond motifs is 1. The summed E-state index contributed by atoms with van der Waals surface area (Å²) < 4.78 is 75.5. The Balaban J connectivity index is 1.39. The van der Waals surface area contributed by atoms with Crippen LogP contribution in [-0.4, -0.2) is 74.0 Å². The monoisotopic (exact) mass is 612 g/mol. The minimum atomic E-state index is -4.79. The van der Waals surface area contributed by atoms with Gasteiger partial charge in [-0.25, -0.2) is 23.2 Å². The number of methoxy groups -OCH3 is 1. The van der Waals surface area contributed by atoms with Gasteiger partial charge in [0.25, 0.3) is 10.0 Å². The number of benzene rings is 1. The Morgan fingerprint density at radius 2 is 1.98 bits per heavy atom. The Kier molecular flexibility index (Phi) is 7.82. The van der Waals surface area contributed by atoms with Crippen LogP contribution in [0.4, 0.5) is 24.1 Å². The van der Waals surface area contributed by atoms with Crippen molar-refractivity contribution in [1.29, 1.82) is 0 Å². The normalized spacial score (nSPS) is 18.8. The van der Waals surface area contributed by atoms with Gasteiger partial charge in [-0.05, 0) is 42.3 Å². The number of likely N-dealkylation sites (tertiary alicyclic amines) is 1. The number of halogens is 3. The lowest BCUT2D eigenvalue weighted by atomic mass is 9.95. The van der Waals surface area contributed by atoms with Crippen molar-refractivity contribution in [2.75, 3.05) is 37.4 Å². The first-order valence-electron chi connectivity index (χ1n) is 12.7. The third kappa shape index (κ3) is 5.81. The van der Waals surface area contributed by atoms with Gasteiger partial charge in [0.1, 0.15) is 17.9 Å². The molecule has 2 atom stereocenters. The van der Waals surface area contributed by atoms with E-state index in [0.29, 0.717) is 10.5 Å². The third-order valence-electron chi connectivity index (χ3n) is 7.24. The zero-order valence-electron chi connectivity index (χ0n) is 21.8. The van der Waals surface area contributed by atoms with Gasteiger partial charge in [0, 0.05) is 37.6 Å². The molecule has 3 N–H and O–H groups in total. The van der Waals surface area contributed by atoms with E-state index >= 15 is 0 Å². The molecule has 16 heteroatoms. The van der Waals surface area contributed by atoms with Gasteiger partial charge >= 0.3 is 12.1 Å². The topological polar surface area (TPSA) is 148 Å². The summed E-state index contributed by atoms with van der Waals surface area (Å²) in [5.74, 6) is -1.75. The fourth-order valence-corrected chi connectivity index (χ4v) is 7.59. The van der Waals surface area contributed by atoms with Gasteiger partial charge < -0.3 is 20.3 Å². The van der Waals surface area contributed by atoms with Crippen LogP contribution < -0.4 is 15.4 Å². The van der Waals surface area contributed by atoms with Crippen LogP contribution in [0.1, 0.15) is 30.4 Å². The number of nitrogens with one attached hydrogen (secondary N) is 1. The highest BCUT2D eigenvalue weighted by atomic mass is 32.2. The van der Waals surface area contributed by atoms with Crippen LogP contribution in [0.5, 0.6) is 0 Å². The number of nitrogen functional groups attached to an aromatic ring is 1. The lowest BCUT2D eigenvalue weighted by molar-refractivity contribution is -0.151. The second-order valence-electron chi connectivity index (χ2n) is 9.82. The summed E-state index contributed by atoms with van der Waals surface area (Å²) in [6, 6.07) is 0.978. The van der Waals surface area contributed by atoms with Gasteiger partial charge in [0.2, 0.25) is 5.91 Å². The predicted molar refractivity (Wildman–Crippen MR) is 145 cm³/mol. The van der Waals surface area contributed by atoms with Crippen molar-refractivity contribution in [2.24, 2.45) is 0 Å². The van der Waals surface area contributed by atoms with Crippen molar-refractivity contribution in [3.05, 3.63) is 41.7 Å². The number of hydrogen-bond acceptors (Lipinski definition) is 10. The van der Waals surface area contributed by atoms with Crippen LogP contribution in [0.25, 0.3) is 10.8 Å². The number of amides is 1. The average Bonchev–Trinajstić information content (AvgIpc) is 3.68. The Morgan fingerprint density at radius 1 is 1.24 bits per heavy atom. The van der Waals surface area contributed by atoms with E-state index in [9.17, 15) is 31.2 Å². The minimum Gasteiger partial charge on any atom is -0.467 e. The number of anilines is 2. The van der Waals surface area contributed by atoms with Crippen LogP contribution in [-0.2, 0) is 36.9 Å². The Hall–Kier alpha value is -3.50. The molecule has 2 aliphatic heterocycles. The number of ether oxygens (including phenoxy) is 1. The molecule has 2 saturated heterocycles. The minimum absolute atomic E-state index is 0.00932. The number of alkyl halides is 3. The standard InChI is InChI=1S/C25H27F3N6O5S2/c1-39-23(36)19(11-15-10-14-4-6-30-21(29)16(14)12-17(15)25(26,27)28)34-9-5-18(22(34)35)32-41(37,38)20-13-31-24(40-20)33-7-2-3-8-33/h4,6,10,12-13,18-19,32H,2-3,5,7-9,11H2,1H3,(H2,29,30). The summed E-state index contributed by atoms with van der Waals surface area (Å²) >= 11 is 0.990. The molecule has 2 unspecified atom stereocenters. The van der Waals surface area contributed by atoms with Crippen molar-refractivity contribution in [1.82, 2.24) is 19.6 Å². The number of nitrogens with two attached hydrogens (primary N) is 1. The number of pyridine rings is 1. The van der Waals surface area contributed by atoms with Crippen molar-refractivity contribution in [2.45, 2.75) is 48.2 Å². The maximum Gasteiger partial charge on any atom is 0.416 e. The van der Waals surface area contributed by atoms with E-state index in [0.717, 1.165) is 55.3 Å². The molecule has 0 aliphatic carbocycles. The average molecular weight is 613 g/mol. The zero-order chi connectivity index (χ0) is 29.5. The Bertz CT molecular complexity index is 1590. The molecule has 2 aromatic heterocycles. The van der Waals surface area contributed by atoms with Gasteiger partial charge in [-0.15, -0.1) is 0 Å². The highest BCUT2D eigenvalue weighted by Gasteiger charge is 2.43. The first kappa shape index (κ1) is 29.0. The Labute approximate surface area is 237 Å². The predicted octanol–water partition coefficient (Wildman–Crippen LogP) is 2.56. The number of sulfonamides is 1. The number of carbonyl (C=O) groups excluding carboxylic acids is 2. The van der Waals surface area contributed by atoms with Gasteiger partial charge in [-0.1, -0.05) is 17.4 Å². The number of carbonyl (C=O) groups is 2. The molecular formula is C25H27F3N6O5S2. The maximum atomic E-state index is 14.1. The van der Waals surface area contributed by atoms with Crippen LogP contribution in [0.15, 0.2) is 34.8 Å². The summed E-state index contributed by atoms with van der Waals surface area (Å²) in [6.07, 6.45) is -0.734. The van der Waals surface area contributed by atoms with Crippen molar-refractivity contribution >= 4 is 55.0 Å². The molecule has 5 rings (SSSR count). The quantitative estimate of drug-likeness (QED) is 0.366. The number of esters is 1. The smallest absolute Gasteiger partial charge is 0.416 e. The second kappa shape index (κ2) is 11.1. The largest absolute Gasteiger partial charge is 0.467 e. The van der Waals surface area contributed by atoms with Crippen molar-refractivity contribution in [3.8, 4) is 0 Å². The lowest BCUT2D eigenvalue weighted by Crippen LogP contribution is -2.48. The van der Waals surface area contributed by atoms with E-state index in [-0.39, 0.29) is 33.9 Å². The van der Waals surface area contributed by atoms with E-state index in [1.54, 1.807) is 0 Å². The molecule has 220 valence electrons. The molecule has 11 nitrogen and oxygen atoms in total. The third-order valence-corrected chi connectivity index (χ3v) is 10.2. The fourth-order valence-electron chi connectivity index (χ4n) is 5.18. The van der Waals surface area contributed by atoms with Crippen molar-refractivity contribution in [3.63, 3.8) is 0 Å². The molecular weight excluding hydrogens is 585 g/mol. The summed E-state index contributed by atoms with van der Waals surface area (Å²) in [5, 5.41) is 1.04. The molecule has 0 bridgehead atoms. The molecule has 2 fully saturated rings. The molecule has 0 spiro atoms. The van der Waals surface area contributed by atoms with E-state index in [2.05, 4.69) is 14.7 Å². The van der Waals surface area contributed by atoms with E-state index in [1.807, 2.05) is 4.90 Å². The second-order valence-corrected chi connectivity index (χ2v) is 12.8. The highest BCUT2D eigenvalue weighted by Crippen LogP contribution is 2.37. The number of thiazole rings is 1. The van der Waals surface area contributed by atoms with Crippen LogP contribution in [0.3, 0.4) is 0 Å². The highest BCUT2D eigenvalue weighted by molar-refractivity contribution is 7.91. The summed E-state index contributed by atoms with van der Waals surface area (Å²) in [5.41, 5.74) is 4.51. The number of rotatable bonds is 8. The van der Waals surface area contributed by atoms with Crippen LogP contribution in [0, 0.1) is 0 Å². The van der Waals surface area contributed by atoms with Gasteiger partial charge in [-0.3, -0.25) is 4.79 Å². The van der Waals surface area contributed by atoms with E-state index < -0.39 is 52.1 Å². The Morgan fingerprint density at radius 3 is 2.66 bits per heavy atom. The van der Waals surface area contributed by atoms with Crippen LogP contribution >= 0.6 is 11.3 Å². The SMILES string of the molecule is COC(=O)C(Cc1cc2ccnc(N)c2cc1C(F)(F)F)N1CCC(NS(=O)(=O)c2cnc(N3CCCC3)s2)C1=O. The van der Waals surface area contributed by atoms with Gasteiger partial charge in [0.05, 0.1) is 18.9 Å². The molecule has 4 heterocycles. The van der Waals surface area contributed by atoms with Crippen LogP contribution in [0.2, 0.25) is 0 Å².